The molecule has 0 aliphatic rings. The molecule has 0 radical (unpaired) electrons. The number of rotatable bonds is 4. The summed E-state index contributed by atoms with van der Waals surface area (Å²) in [4.78, 5) is 12.2. The summed E-state index contributed by atoms with van der Waals surface area (Å²) >= 11 is 17.2. The number of hydrogen-bond acceptors (Lipinski definition) is 3. The first-order valence-electron chi connectivity index (χ1n) is 7.92. The van der Waals surface area contributed by atoms with Crippen molar-refractivity contribution in [3.8, 4) is 11.5 Å². The van der Waals surface area contributed by atoms with Crippen LogP contribution in [0.5, 0.6) is 11.5 Å². The fraction of sp³-hybridized carbons (Fsp3) is 0. The molecule has 7 heteroatoms. The third kappa shape index (κ3) is 5.20. The molecule has 0 saturated heterocycles. The van der Waals surface area contributed by atoms with E-state index in [1.807, 2.05) is 18.2 Å². The van der Waals surface area contributed by atoms with Crippen molar-refractivity contribution in [2.24, 2.45) is 0 Å². The summed E-state index contributed by atoms with van der Waals surface area (Å²) in [6.45, 7) is 0. The van der Waals surface area contributed by atoms with E-state index in [4.69, 9.17) is 40.2 Å². The molecule has 0 saturated carbocycles. The molecule has 136 valence electrons. The molecule has 0 atom stereocenters. The Balaban J connectivity index is 1.71. The highest BCUT2D eigenvalue weighted by Crippen LogP contribution is 2.32. The van der Waals surface area contributed by atoms with Gasteiger partial charge < -0.3 is 10.1 Å². The van der Waals surface area contributed by atoms with Crippen molar-refractivity contribution in [3.05, 3.63) is 88.4 Å². The van der Waals surface area contributed by atoms with Gasteiger partial charge in [0, 0.05) is 11.6 Å². The van der Waals surface area contributed by atoms with Crippen molar-refractivity contribution in [3.63, 3.8) is 0 Å². The van der Waals surface area contributed by atoms with Gasteiger partial charge in [0.1, 0.15) is 5.75 Å². The Bertz CT molecular complexity index is 981. The number of carbonyl (C=O) groups excluding carboxylic acids is 1. The molecule has 0 heterocycles. The van der Waals surface area contributed by atoms with E-state index in [1.54, 1.807) is 54.6 Å². The molecule has 0 unspecified atom stereocenters. The van der Waals surface area contributed by atoms with E-state index < -0.39 is 0 Å². The van der Waals surface area contributed by atoms with Crippen LogP contribution in [0.4, 0.5) is 5.69 Å². The first-order valence-corrected chi connectivity index (χ1v) is 9.08. The minimum atomic E-state index is -0.295. The molecule has 0 bridgehead atoms. The van der Waals surface area contributed by atoms with Crippen molar-refractivity contribution in [2.45, 2.75) is 0 Å². The van der Waals surface area contributed by atoms with E-state index in [1.165, 1.54) is 0 Å². The molecule has 2 N–H and O–H groups in total. The molecule has 0 aliphatic carbocycles. The zero-order valence-electron chi connectivity index (χ0n) is 13.9. The lowest BCUT2D eigenvalue weighted by Gasteiger charge is -2.14. The highest BCUT2D eigenvalue weighted by molar-refractivity contribution is 7.80. The van der Waals surface area contributed by atoms with Crippen molar-refractivity contribution < 1.29 is 9.53 Å². The maximum Gasteiger partial charge on any atom is 0.257 e. The molecule has 3 aromatic rings. The first kappa shape index (κ1) is 19.2. The monoisotopic (exact) mass is 416 g/mol. The van der Waals surface area contributed by atoms with Crippen LogP contribution in [0.1, 0.15) is 10.4 Å². The lowest BCUT2D eigenvalue weighted by molar-refractivity contribution is 0.0977. The van der Waals surface area contributed by atoms with Crippen LogP contribution in [0.2, 0.25) is 10.0 Å². The maximum atomic E-state index is 12.2. The van der Waals surface area contributed by atoms with Crippen LogP contribution in [0, 0.1) is 0 Å². The molecule has 1 amide bonds. The number of carbonyl (C=O) groups is 1. The predicted octanol–water partition coefficient (Wildman–Crippen LogP) is 5.91. The van der Waals surface area contributed by atoms with Crippen LogP contribution in [0.3, 0.4) is 0 Å². The largest absolute Gasteiger partial charge is 0.455 e. The fourth-order valence-electron chi connectivity index (χ4n) is 2.24. The second kappa shape index (κ2) is 8.86. The Morgan fingerprint density at radius 3 is 2.33 bits per heavy atom. The normalized spacial score (nSPS) is 10.1. The number of anilines is 1. The number of thiocarbonyl (C=S) groups is 1. The van der Waals surface area contributed by atoms with E-state index >= 15 is 0 Å². The maximum absolute atomic E-state index is 12.2. The Labute approximate surface area is 172 Å². The SMILES string of the molecule is O=C(NC(=S)Nc1ccccc1Oc1ccc(Cl)c(Cl)c1)c1ccccc1. The minimum absolute atomic E-state index is 0.161. The minimum Gasteiger partial charge on any atom is -0.455 e. The number of hydrogen-bond donors (Lipinski definition) is 2. The number of benzene rings is 3. The van der Waals surface area contributed by atoms with Gasteiger partial charge in [-0.3, -0.25) is 10.1 Å². The van der Waals surface area contributed by atoms with Gasteiger partial charge in [-0.05, 0) is 48.6 Å². The molecule has 0 spiro atoms. The van der Waals surface area contributed by atoms with Gasteiger partial charge >= 0.3 is 0 Å². The van der Waals surface area contributed by atoms with E-state index in [0.717, 1.165) is 0 Å². The van der Waals surface area contributed by atoms with Gasteiger partial charge in [0.25, 0.3) is 5.91 Å². The lowest BCUT2D eigenvalue weighted by Crippen LogP contribution is -2.34. The van der Waals surface area contributed by atoms with Crippen LogP contribution >= 0.6 is 35.4 Å². The summed E-state index contributed by atoms with van der Waals surface area (Å²) in [6.07, 6.45) is 0. The van der Waals surface area contributed by atoms with Gasteiger partial charge in [0.2, 0.25) is 0 Å². The molecule has 3 rings (SSSR count). The van der Waals surface area contributed by atoms with Crippen LogP contribution in [-0.4, -0.2) is 11.0 Å². The third-order valence-electron chi connectivity index (χ3n) is 3.52. The summed E-state index contributed by atoms with van der Waals surface area (Å²) in [5, 5.41) is 6.61. The van der Waals surface area contributed by atoms with E-state index in [-0.39, 0.29) is 11.0 Å². The Morgan fingerprint density at radius 1 is 0.889 bits per heavy atom. The topological polar surface area (TPSA) is 50.4 Å². The molecular weight excluding hydrogens is 403 g/mol. The zero-order chi connectivity index (χ0) is 19.2. The standard InChI is InChI=1S/C20H14Cl2N2O2S/c21-15-11-10-14(12-16(15)22)26-18-9-5-4-8-17(18)23-20(27)24-19(25)13-6-2-1-3-7-13/h1-12H,(H2,23,24,25,27). The Kier molecular flexibility index (Phi) is 6.29. The number of amides is 1. The first-order chi connectivity index (χ1) is 13.0. The molecule has 0 fully saturated rings. The molecule has 0 aliphatic heterocycles. The molecule has 4 nitrogen and oxygen atoms in total. The Hall–Kier alpha value is -2.60. The molecular formula is C20H14Cl2N2O2S. The summed E-state index contributed by atoms with van der Waals surface area (Å²) in [6, 6.07) is 21.0. The summed E-state index contributed by atoms with van der Waals surface area (Å²) in [7, 11) is 0. The second-order valence-corrected chi connectivity index (χ2v) is 6.67. The van der Waals surface area contributed by atoms with Crippen LogP contribution in [0.25, 0.3) is 0 Å². The highest BCUT2D eigenvalue weighted by atomic mass is 35.5. The summed E-state index contributed by atoms with van der Waals surface area (Å²) in [5.41, 5.74) is 1.11. The Morgan fingerprint density at radius 2 is 1.59 bits per heavy atom. The molecule has 27 heavy (non-hydrogen) atoms. The zero-order valence-corrected chi connectivity index (χ0v) is 16.2. The summed E-state index contributed by atoms with van der Waals surface area (Å²) < 4.78 is 5.86. The van der Waals surface area contributed by atoms with E-state index in [9.17, 15) is 4.79 Å². The lowest BCUT2D eigenvalue weighted by atomic mass is 10.2. The van der Waals surface area contributed by atoms with Gasteiger partial charge in [0.15, 0.2) is 10.9 Å². The number of para-hydroxylation sites is 2. The van der Waals surface area contributed by atoms with E-state index in [0.29, 0.717) is 32.8 Å². The number of halogens is 2. The quantitative estimate of drug-likeness (QED) is 0.518. The van der Waals surface area contributed by atoms with Crippen molar-refractivity contribution in [1.29, 1.82) is 0 Å². The number of nitrogens with one attached hydrogen (secondary N) is 2. The van der Waals surface area contributed by atoms with Gasteiger partial charge in [-0.25, -0.2) is 0 Å². The highest BCUT2D eigenvalue weighted by Gasteiger charge is 2.10. The van der Waals surface area contributed by atoms with E-state index in [2.05, 4.69) is 10.6 Å². The second-order valence-electron chi connectivity index (χ2n) is 5.45. The van der Waals surface area contributed by atoms with Crippen molar-refractivity contribution in [2.75, 3.05) is 5.32 Å². The van der Waals surface area contributed by atoms with Crippen molar-refractivity contribution >= 4 is 52.1 Å². The van der Waals surface area contributed by atoms with Crippen LogP contribution in [-0.2, 0) is 0 Å². The molecule has 0 aromatic heterocycles. The van der Waals surface area contributed by atoms with Crippen molar-refractivity contribution in [1.82, 2.24) is 5.32 Å². The fourth-order valence-corrected chi connectivity index (χ4v) is 2.74. The third-order valence-corrected chi connectivity index (χ3v) is 4.46. The predicted molar refractivity (Wildman–Crippen MR) is 113 cm³/mol. The van der Waals surface area contributed by atoms with Crippen LogP contribution < -0.4 is 15.4 Å². The smallest absolute Gasteiger partial charge is 0.257 e. The number of ether oxygens (including phenoxy) is 1. The average molecular weight is 417 g/mol. The van der Waals surface area contributed by atoms with Gasteiger partial charge in [-0.15, -0.1) is 0 Å². The molecule has 3 aromatic carbocycles. The van der Waals surface area contributed by atoms with Gasteiger partial charge in [-0.2, -0.15) is 0 Å². The van der Waals surface area contributed by atoms with Gasteiger partial charge in [-0.1, -0.05) is 53.5 Å². The summed E-state index contributed by atoms with van der Waals surface area (Å²) in [5.74, 6) is 0.751. The average Bonchev–Trinajstić information content (AvgIpc) is 2.67. The van der Waals surface area contributed by atoms with Gasteiger partial charge in [0.05, 0.1) is 15.7 Å². The van der Waals surface area contributed by atoms with Crippen LogP contribution in [0.15, 0.2) is 72.8 Å².